The minimum atomic E-state index is 0.457. The Morgan fingerprint density at radius 2 is 2.36 bits per heavy atom. The largest absolute Gasteiger partial charge is 0.480 e. The average Bonchev–Trinajstić information content (AvgIpc) is 2.19. The fourth-order valence-corrected chi connectivity index (χ4v) is 1.43. The number of rotatable bonds is 5. The van der Waals surface area contributed by atoms with Crippen molar-refractivity contribution in [3.63, 3.8) is 0 Å². The van der Waals surface area contributed by atoms with Crippen molar-refractivity contribution in [3.8, 4) is 5.88 Å². The Hall–Kier alpha value is -1.25. The third kappa shape index (κ3) is 2.91. The third-order valence-corrected chi connectivity index (χ3v) is 2.09. The molecule has 14 heavy (non-hydrogen) atoms. The molecule has 0 saturated carbocycles. The van der Waals surface area contributed by atoms with E-state index in [-0.39, 0.29) is 0 Å². The van der Waals surface area contributed by atoms with Gasteiger partial charge in [0.2, 0.25) is 5.88 Å². The normalized spacial score (nSPS) is 12.2. The molecule has 0 aliphatic carbocycles. The molecule has 1 aromatic heterocycles. The highest BCUT2D eigenvalue weighted by Crippen LogP contribution is 2.21. The number of methoxy groups -OCH3 is 1. The molecule has 0 spiro atoms. The summed E-state index contributed by atoms with van der Waals surface area (Å²) in [5.74, 6) is 0.662. The Morgan fingerprint density at radius 1 is 1.57 bits per heavy atom. The molecule has 78 valence electrons. The van der Waals surface area contributed by atoms with Crippen LogP contribution in [0, 0.1) is 0 Å². The van der Waals surface area contributed by atoms with Gasteiger partial charge in [-0.3, -0.25) is 0 Å². The number of nitrogens with one attached hydrogen (secondary N) is 1. The minimum Gasteiger partial charge on any atom is -0.480 e. The number of ether oxygens (including phenoxy) is 1. The smallest absolute Gasteiger partial charge is 0.237 e. The van der Waals surface area contributed by atoms with Crippen molar-refractivity contribution >= 4 is 5.69 Å². The first-order valence-electron chi connectivity index (χ1n) is 5.03. The summed E-state index contributed by atoms with van der Waals surface area (Å²) in [6.07, 6.45) is 4.06. The van der Waals surface area contributed by atoms with Crippen LogP contribution in [0.25, 0.3) is 0 Å². The van der Waals surface area contributed by atoms with Gasteiger partial charge in [-0.25, -0.2) is 4.98 Å². The van der Waals surface area contributed by atoms with E-state index in [4.69, 9.17) is 4.74 Å². The molecule has 0 aromatic carbocycles. The van der Waals surface area contributed by atoms with Crippen LogP contribution in [0.5, 0.6) is 5.88 Å². The number of pyridine rings is 1. The number of aromatic nitrogens is 1. The van der Waals surface area contributed by atoms with Crippen LogP contribution in [0.2, 0.25) is 0 Å². The highest BCUT2D eigenvalue weighted by Gasteiger charge is 2.05. The van der Waals surface area contributed by atoms with Gasteiger partial charge in [0.15, 0.2) is 0 Å². The third-order valence-electron chi connectivity index (χ3n) is 2.09. The van der Waals surface area contributed by atoms with Gasteiger partial charge in [0.05, 0.1) is 12.8 Å². The van der Waals surface area contributed by atoms with Crippen molar-refractivity contribution in [2.24, 2.45) is 0 Å². The lowest BCUT2D eigenvalue weighted by molar-refractivity contribution is 0.399. The topological polar surface area (TPSA) is 34.2 Å². The maximum atomic E-state index is 5.15. The van der Waals surface area contributed by atoms with E-state index >= 15 is 0 Å². The second-order valence-corrected chi connectivity index (χ2v) is 3.39. The highest BCUT2D eigenvalue weighted by molar-refractivity contribution is 5.52. The highest BCUT2D eigenvalue weighted by atomic mass is 16.5. The molecule has 0 aliphatic heterocycles. The summed E-state index contributed by atoms with van der Waals surface area (Å²) < 4.78 is 5.15. The molecule has 0 fully saturated rings. The second-order valence-electron chi connectivity index (χ2n) is 3.39. The predicted molar refractivity (Wildman–Crippen MR) is 58.8 cm³/mol. The van der Waals surface area contributed by atoms with E-state index in [1.807, 2.05) is 12.1 Å². The van der Waals surface area contributed by atoms with Gasteiger partial charge in [0.1, 0.15) is 0 Å². The predicted octanol–water partition coefficient (Wildman–Crippen LogP) is 2.69. The molecule has 0 amide bonds. The van der Waals surface area contributed by atoms with Crippen molar-refractivity contribution in [2.45, 2.75) is 32.7 Å². The van der Waals surface area contributed by atoms with E-state index in [0.717, 1.165) is 12.1 Å². The molecule has 3 heteroatoms. The van der Waals surface area contributed by atoms with E-state index in [0.29, 0.717) is 11.9 Å². The Balaban J connectivity index is 2.65. The van der Waals surface area contributed by atoms with Crippen LogP contribution in [0.15, 0.2) is 18.3 Å². The molecule has 3 nitrogen and oxygen atoms in total. The van der Waals surface area contributed by atoms with Crippen LogP contribution < -0.4 is 10.1 Å². The SMILES string of the molecule is CCC[C@H](C)Nc1cccnc1OC. The van der Waals surface area contributed by atoms with E-state index in [2.05, 4.69) is 24.1 Å². The first kappa shape index (κ1) is 10.8. The molecule has 1 aromatic rings. The molecule has 1 atom stereocenters. The lowest BCUT2D eigenvalue weighted by Crippen LogP contribution is -2.15. The minimum absolute atomic E-state index is 0.457. The number of hydrogen-bond donors (Lipinski definition) is 1. The van der Waals surface area contributed by atoms with Crippen LogP contribution in [0.1, 0.15) is 26.7 Å². The van der Waals surface area contributed by atoms with Gasteiger partial charge in [-0.1, -0.05) is 13.3 Å². The lowest BCUT2D eigenvalue weighted by atomic mass is 10.2. The fraction of sp³-hybridized carbons (Fsp3) is 0.545. The van der Waals surface area contributed by atoms with E-state index < -0.39 is 0 Å². The van der Waals surface area contributed by atoms with Crippen LogP contribution in [0.4, 0.5) is 5.69 Å². The molecule has 0 radical (unpaired) electrons. The molecule has 0 bridgehead atoms. The van der Waals surface area contributed by atoms with Crippen LogP contribution in [-0.2, 0) is 0 Å². The summed E-state index contributed by atoms with van der Waals surface area (Å²) in [7, 11) is 1.64. The summed E-state index contributed by atoms with van der Waals surface area (Å²) in [5.41, 5.74) is 0.968. The quantitative estimate of drug-likeness (QED) is 0.782. The van der Waals surface area contributed by atoms with Crippen molar-refractivity contribution < 1.29 is 4.74 Å². The second kappa shape index (κ2) is 5.47. The van der Waals surface area contributed by atoms with Gasteiger partial charge in [0.25, 0.3) is 0 Å². The molecular formula is C11H18N2O. The summed E-state index contributed by atoms with van der Waals surface area (Å²) in [5, 5.41) is 3.37. The van der Waals surface area contributed by atoms with Gasteiger partial charge in [0, 0.05) is 12.2 Å². The van der Waals surface area contributed by atoms with E-state index in [1.165, 1.54) is 6.42 Å². The fourth-order valence-electron chi connectivity index (χ4n) is 1.43. The standard InChI is InChI=1S/C11H18N2O/c1-4-6-9(2)13-10-7-5-8-12-11(10)14-3/h5,7-9,13H,4,6H2,1-3H3/t9-/m0/s1. The van der Waals surface area contributed by atoms with E-state index in [9.17, 15) is 0 Å². The first-order valence-corrected chi connectivity index (χ1v) is 5.03. The van der Waals surface area contributed by atoms with Gasteiger partial charge in [-0.2, -0.15) is 0 Å². The maximum Gasteiger partial charge on any atom is 0.237 e. The summed E-state index contributed by atoms with van der Waals surface area (Å²) in [6, 6.07) is 4.35. The molecule has 0 unspecified atom stereocenters. The van der Waals surface area contributed by atoms with Crippen molar-refractivity contribution in [2.75, 3.05) is 12.4 Å². The van der Waals surface area contributed by atoms with Crippen LogP contribution in [0.3, 0.4) is 0 Å². The van der Waals surface area contributed by atoms with Crippen molar-refractivity contribution in [1.82, 2.24) is 4.98 Å². The zero-order valence-corrected chi connectivity index (χ0v) is 9.08. The molecule has 0 saturated heterocycles. The summed E-state index contributed by atoms with van der Waals surface area (Å²) >= 11 is 0. The Kier molecular flexibility index (Phi) is 4.23. The Morgan fingerprint density at radius 3 is 3.00 bits per heavy atom. The molecule has 0 aliphatic rings. The maximum absolute atomic E-state index is 5.15. The number of anilines is 1. The van der Waals surface area contributed by atoms with Gasteiger partial charge < -0.3 is 10.1 Å². The zero-order chi connectivity index (χ0) is 10.4. The van der Waals surface area contributed by atoms with Crippen molar-refractivity contribution in [1.29, 1.82) is 0 Å². The Bertz CT molecular complexity index is 276. The monoisotopic (exact) mass is 194 g/mol. The summed E-state index contributed by atoms with van der Waals surface area (Å²) in [6.45, 7) is 4.34. The zero-order valence-electron chi connectivity index (χ0n) is 9.08. The molecule has 1 N–H and O–H groups in total. The van der Waals surface area contributed by atoms with E-state index in [1.54, 1.807) is 13.3 Å². The lowest BCUT2D eigenvalue weighted by Gasteiger charge is -2.15. The van der Waals surface area contributed by atoms with Crippen molar-refractivity contribution in [3.05, 3.63) is 18.3 Å². The van der Waals surface area contributed by atoms with Gasteiger partial charge >= 0.3 is 0 Å². The Labute approximate surface area is 85.5 Å². The number of nitrogens with zero attached hydrogens (tertiary/aromatic N) is 1. The first-order chi connectivity index (χ1) is 6.77. The summed E-state index contributed by atoms with van der Waals surface area (Å²) in [4.78, 5) is 4.13. The van der Waals surface area contributed by atoms with Crippen LogP contribution in [-0.4, -0.2) is 18.1 Å². The van der Waals surface area contributed by atoms with Gasteiger partial charge in [-0.05, 0) is 25.5 Å². The van der Waals surface area contributed by atoms with Gasteiger partial charge in [-0.15, -0.1) is 0 Å². The number of hydrogen-bond acceptors (Lipinski definition) is 3. The molecule has 1 rings (SSSR count). The van der Waals surface area contributed by atoms with Crippen LogP contribution >= 0.6 is 0 Å². The molecule has 1 heterocycles. The average molecular weight is 194 g/mol. The molecular weight excluding hydrogens is 176 g/mol.